The molecule has 0 aliphatic heterocycles. The molecule has 0 bridgehead atoms. The van der Waals surface area contributed by atoms with Crippen molar-refractivity contribution in [3.05, 3.63) is 84.7 Å². The molecule has 0 radical (unpaired) electrons. The van der Waals surface area contributed by atoms with Crippen LogP contribution in [0.15, 0.2) is 79.1 Å². The minimum atomic E-state index is -0.153. The van der Waals surface area contributed by atoms with Gasteiger partial charge in [-0.1, -0.05) is 36.4 Å². The number of anilines is 1. The third-order valence-corrected chi connectivity index (χ3v) is 4.65. The molecule has 3 heterocycles. The van der Waals surface area contributed by atoms with Crippen molar-refractivity contribution in [2.45, 2.75) is 0 Å². The Morgan fingerprint density at radius 3 is 2.74 bits per heavy atom. The molecular formula is C22H16N4O. The minimum absolute atomic E-state index is 0.153. The maximum absolute atomic E-state index is 12.7. The average molecular weight is 352 g/mol. The van der Waals surface area contributed by atoms with Gasteiger partial charge >= 0.3 is 0 Å². The Hall–Kier alpha value is -3.86. The fraction of sp³-hybridized carbons (Fsp3) is 0. The van der Waals surface area contributed by atoms with Gasteiger partial charge in [-0.15, -0.1) is 0 Å². The summed E-state index contributed by atoms with van der Waals surface area (Å²) in [5.74, 6) is -0.153. The Morgan fingerprint density at radius 2 is 1.85 bits per heavy atom. The fourth-order valence-corrected chi connectivity index (χ4v) is 3.34. The highest BCUT2D eigenvalue weighted by atomic mass is 16.1. The predicted octanol–water partition coefficient (Wildman–Crippen LogP) is 4.96. The molecule has 1 amide bonds. The SMILES string of the molecule is O=C(Nc1cnc2[nH]c(-c3ccccc3)cc2c1)c1cccc2[nH]ccc12. The first kappa shape index (κ1) is 15.4. The van der Waals surface area contributed by atoms with Crippen molar-refractivity contribution in [3.8, 4) is 11.3 Å². The van der Waals surface area contributed by atoms with Crippen molar-refractivity contribution >= 4 is 33.5 Å². The number of rotatable bonds is 3. The van der Waals surface area contributed by atoms with Crippen molar-refractivity contribution in [2.75, 3.05) is 5.32 Å². The highest BCUT2D eigenvalue weighted by Gasteiger charge is 2.12. The molecule has 3 N–H and O–H groups in total. The first-order valence-electron chi connectivity index (χ1n) is 8.69. The highest BCUT2D eigenvalue weighted by Crippen LogP contribution is 2.25. The molecule has 5 rings (SSSR count). The molecule has 0 spiro atoms. The molecule has 0 saturated carbocycles. The van der Waals surface area contributed by atoms with Crippen LogP contribution in [-0.2, 0) is 0 Å². The molecule has 130 valence electrons. The van der Waals surface area contributed by atoms with Gasteiger partial charge in [0.05, 0.1) is 11.9 Å². The van der Waals surface area contributed by atoms with E-state index in [1.165, 1.54) is 0 Å². The Labute approximate surface area is 155 Å². The van der Waals surface area contributed by atoms with Crippen LogP contribution in [0.3, 0.4) is 0 Å². The number of nitrogens with zero attached hydrogens (tertiary/aromatic N) is 1. The maximum Gasteiger partial charge on any atom is 0.256 e. The molecule has 0 aliphatic carbocycles. The molecule has 5 heteroatoms. The van der Waals surface area contributed by atoms with Gasteiger partial charge in [-0.25, -0.2) is 4.98 Å². The van der Waals surface area contributed by atoms with Crippen molar-refractivity contribution < 1.29 is 4.79 Å². The molecule has 0 aliphatic rings. The van der Waals surface area contributed by atoms with Gasteiger partial charge in [0.2, 0.25) is 0 Å². The Bertz CT molecular complexity index is 1270. The maximum atomic E-state index is 12.7. The monoisotopic (exact) mass is 352 g/mol. The topological polar surface area (TPSA) is 73.6 Å². The van der Waals surface area contributed by atoms with Crippen LogP contribution in [0.1, 0.15) is 10.4 Å². The summed E-state index contributed by atoms with van der Waals surface area (Å²) in [4.78, 5) is 23.6. The van der Waals surface area contributed by atoms with Crippen LogP contribution < -0.4 is 5.32 Å². The minimum Gasteiger partial charge on any atom is -0.361 e. The lowest BCUT2D eigenvalue weighted by Gasteiger charge is -2.06. The summed E-state index contributed by atoms with van der Waals surface area (Å²) < 4.78 is 0. The van der Waals surface area contributed by atoms with Gasteiger partial charge in [-0.05, 0) is 35.9 Å². The fourth-order valence-electron chi connectivity index (χ4n) is 3.34. The summed E-state index contributed by atoms with van der Waals surface area (Å²) >= 11 is 0. The number of aromatic amines is 2. The molecule has 0 fully saturated rings. The number of amides is 1. The van der Waals surface area contributed by atoms with Crippen LogP contribution in [-0.4, -0.2) is 20.9 Å². The summed E-state index contributed by atoms with van der Waals surface area (Å²) in [5, 5.41) is 4.80. The van der Waals surface area contributed by atoms with E-state index in [9.17, 15) is 4.79 Å². The second-order valence-corrected chi connectivity index (χ2v) is 6.41. The van der Waals surface area contributed by atoms with Gasteiger partial charge in [-0.3, -0.25) is 4.79 Å². The van der Waals surface area contributed by atoms with E-state index >= 15 is 0 Å². The van der Waals surface area contributed by atoms with Crippen LogP contribution in [0.25, 0.3) is 33.2 Å². The summed E-state index contributed by atoms with van der Waals surface area (Å²) in [6.45, 7) is 0. The normalized spacial score (nSPS) is 11.1. The summed E-state index contributed by atoms with van der Waals surface area (Å²) in [5.41, 5.74) is 5.12. The first-order chi connectivity index (χ1) is 13.3. The van der Waals surface area contributed by atoms with Crippen LogP contribution in [0.4, 0.5) is 5.69 Å². The number of carbonyl (C=O) groups excluding carboxylic acids is 1. The zero-order valence-electron chi connectivity index (χ0n) is 14.4. The van der Waals surface area contributed by atoms with E-state index in [2.05, 4.69) is 20.3 Å². The lowest BCUT2D eigenvalue weighted by Crippen LogP contribution is -2.12. The number of fused-ring (bicyclic) bond motifs is 2. The molecule has 27 heavy (non-hydrogen) atoms. The number of hydrogen-bond acceptors (Lipinski definition) is 2. The number of pyridine rings is 1. The van der Waals surface area contributed by atoms with Gasteiger partial charge in [0.1, 0.15) is 5.65 Å². The molecule has 0 saturated heterocycles. The van der Waals surface area contributed by atoms with Crippen LogP contribution in [0.5, 0.6) is 0 Å². The van der Waals surface area contributed by atoms with E-state index in [1.54, 1.807) is 6.20 Å². The second-order valence-electron chi connectivity index (χ2n) is 6.41. The van der Waals surface area contributed by atoms with Crippen molar-refractivity contribution in [1.82, 2.24) is 15.0 Å². The standard InChI is InChI=1S/C22H16N4O/c27-22(18-7-4-8-19-17(18)9-10-23-19)25-16-11-15-12-20(26-21(15)24-13-16)14-5-2-1-3-6-14/h1-13,23H,(H,24,26)(H,25,27). The van der Waals surface area contributed by atoms with Gasteiger partial charge in [0.25, 0.3) is 5.91 Å². The zero-order chi connectivity index (χ0) is 18.2. The molecule has 2 aromatic carbocycles. The quantitative estimate of drug-likeness (QED) is 0.429. The highest BCUT2D eigenvalue weighted by molar-refractivity contribution is 6.12. The number of carbonyl (C=O) groups is 1. The number of benzene rings is 2. The first-order valence-corrected chi connectivity index (χ1v) is 8.69. The lowest BCUT2D eigenvalue weighted by molar-refractivity contribution is 0.102. The van der Waals surface area contributed by atoms with E-state index in [0.717, 1.165) is 33.2 Å². The van der Waals surface area contributed by atoms with Gasteiger partial charge in [0.15, 0.2) is 0 Å². The average Bonchev–Trinajstić information content (AvgIpc) is 3.34. The largest absolute Gasteiger partial charge is 0.361 e. The predicted molar refractivity (Wildman–Crippen MR) is 108 cm³/mol. The van der Waals surface area contributed by atoms with Crippen LogP contribution in [0.2, 0.25) is 0 Å². The summed E-state index contributed by atoms with van der Waals surface area (Å²) in [6.07, 6.45) is 3.50. The van der Waals surface area contributed by atoms with Crippen LogP contribution >= 0.6 is 0 Å². The van der Waals surface area contributed by atoms with Gasteiger partial charge in [0, 0.05) is 33.7 Å². The number of H-pyrrole nitrogens is 2. The van der Waals surface area contributed by atoms with Gasteiger partial charge < -0.3 is 15.3 Å². The molecular weight excluding hydrogens is 336 g/mol. The van der Waals surface area contributed by atoms with E-state index in [1.807, 2.05) is 72.9 Å². The summed E-state index contributed by atoms with van der Waals surface area (Å²) in [7, 11) is 0. The van der Waals surface area contributed by atoms with Crippen molar-refractivity contribution in [1.29, 1.82) is 0 Å². The molecule has 5 nitrogen and oxygen atoms in total. The molecule has 0 atom stereocenters. The third kappa shape index (κ3) is 2.75. The Balaban J connectivity index is 1.47. The number of aromatic nitrogens is 3. The lowest BCUT2D eigenvalue weighted by atomic mass is 10.1. The third-order valence-electron chi connectivity index (χ3n) is 4.65. The van der Waals surface area contributed by atoms with E-state index < -0.39 is 0 Å². The number of nitrogens with one attached hydrogen (secondary N) is 3. The van der Waals surface area contributed by atoms with E-state index in [4.69, 9.17) is 0 Å². The van der Waals surface area contributed by atoms with Crippen molar-refractivity contribution in [3.63, 3.8) is 0 Å². The second kappa shape index (κ2) is 6.14. The van der Waals surface area contributed by atoms with Crippen LogP contribution in [0, 0.1) is 0 Å². The Kier molecular flexibility index (Phi) is 3.50. The number of hydrogen-bond donors (Lipinski definition) is 3. The molecule has 5 aromatic rings. The summed E-state index contributed by atoms with van der Waals surface area (Å²) in [6, 6.07) is 21.6. The zero-order valence-corrected chi connectivity index (χ0v) is 14.4. The van der Waals surface area contributed by atoms with Crippen molar-refractivity contribution in [2.24, 2.45) is 0 Å². The molecule has 0 unspecified atom stereocenters. The molecule has 3 aromatic heterocycles. The van der Waals surface area contributed by atoms with Gasteiger partial charge in [-0.2, -0.15) is 0 Å². The smallest absolute Gasteiger partial charge is 0.256 e. The Morgan fingerprint density at radius 1 is 0.963 bits per heavy atom. The van der Waals surface area contributed by atoms with E-state index in [-0.39, 0.29) is 5.91 Å². The van der Waals surface area contributed by atoms with E-state index in [0.29, 0.717) is 11.3 Å².